The Bertz CT molecular complexity index is 565. The van der Waals surface area contributed by atoms with Crippen molar-refractivity contribution in [2.24, 2.45) is 0 Å². The number of aryl methyl sites for hydroxylation is 1. The van der Waals surface area contributed by atoms with Crippen LogP contribution in [0, 0.1) is 0 Å². The van der Waals surface area contributed by atoms with Gasteiger partial charge < -0.3 is 15.0 Å². The first-order chi connectivity index (χ1) is 10.2. The second-order valence-electron chi connectivity index (χ2n) is 4.95. The average Bonchev–Trinajstić information content (AvgIpc) is 2.91. The van der Waals surface area contributed by atoms with Gasteiger partial charge in [0.25, 0.3) is 0 Å². The Morgan fingerprint density at radius 1 is 1.29 bits per heavy atom. The fourth-order valence-corrected chi connectivity index (χ4v) is 3.30. The molecule has 2 aromatic rings. The van der Waals surface area contributed by atoms with E-state index in [1.165, 1.54) is 16.1 Å². The van der Waals surface area contributed by atoms with Crippen molar-refractivity contribution in [2.75, 3.05) is 26.1 Å². The number of hydrogen-bond donors (Lipinski definition) is 1. The molecule has 1 N–H and O–H groups in total. The molecule has 1 aromatic carbocycles. The molecule has 1 aromatic heterocycles. The molecule has 0 unspecified atom stereocenters. The van der Waals surface area contributed by atoms with E-state index in [1.807, 2.05) is 19.2 Å². The maximum atomic E-state index is 5.19. The van der Waals surface area contributed by atoms with Crippen LogP contribution in [0.25, 0.3) is 0 Å². The number of aromatic nitrogens is 1. The Kier molecular flexibility index (Phi) is 5.59. The Morgan fingerprint density at radius 2 is 2.00 bits per heavy atom. The van der Waals surface area contributed by atoms with Gasteiger partial charge in [-0.25, -0.2) is 4.98 Å². The van der Waals surface area contributed by atoms with Gasteiger partial charge in [-0.05, 0) is 31.2 Å². The van der Waals surface area contributed by atoms with Crippen LogP contribution in [0.2, 0.25) is 0 Å². The van der Waals surface area contributed by atoms with E-state index < -0.39 is 0 Å². The van der Waals surface area contributed by atoms with Crippen molar-refractivity contribution in [1.29, 1.82) is 0 Å². The molecule has 5 heteroatoms. The van der Waals surface area contributed by atoms with Crippen LogP contribution < -0.4 is 15.0 Å². The van der Waals surface area contributed by atoms with Crippen molar-refractivity contribution in [3.63, 3.8) is 0 Å². The molecule has 0 bridgehead atoms. The van der Waals surface area contributed by atoms with Crippen molar-refractivity contribution in [2.45, 2.75) is 26.4 Å². The normalized spacial score (nSPS) is 10.7. The molecule has 4 nitrogen and oxygen atoms in total. The summed E-state index contributed by atoms with van der Waals surface area (Å²) < 4.78 is 5.19. The summed E-state index contributed by atoms with van der Waals surface area (Å²) in [4.78, 5) is 8.29. The van der Waals surface area contributed by atoms with Crippen LogP contribution in [0.5, 0.6) is 5.75 Å². The summed E-state index contributed by atoms with van der Waals surface area (Å²) in [6.45, 7) is 3.89. The number of nitrogens with zero attached hydrogens (tertiary/aromatic N) is 2. The molecule has 0 fully saturated rings. The van der Waals surface area contributed by atoms with Crippen LogP contribution in [0.1, 0.15) is 23.1 Å². The first-order valence-corrected chi connectivity index (χ1v) is 7.96. The maximum absolute atomic E-state index is 5.19. The van der Waals surface area contributed by atoms with Crippen molar-refractivity contribution in [3.8, 4) is 5.75 Å². The van der Waals surface area contributed by atoms with Gasteiger partial charge in [0.05, 0.1) is 12.8 Å². The topological polar surface area (TPSA) is 37.4 Å². The lowest BCUT2D eigenvalue weighted by Crippen LogP contribution is -2.16. The van der Waals surface area contributed by atoms with E-state index in [0.29, 0.717) is 0 Å². The second-order valence-corrected chi connectivity index (χ2v) is 6.02. The lowest BCUT2D eigenvalue weighted by Gasteiger charge is -2.15. The highest BCUT2D eigenvalue weighted by Gasteiger charge is 2.12. The molecule has 1 heterocycles. The summed E-state index contributed by atoms with van der Waals surface area (Å²) in [5, 5.41) is 4.29. The van der Waals surface area contributed by atoms with Gasteiger partial charge in [0.15, 0.2) is 5.13 Å². The van der Waals surface area contributed by atoms with E-state index in [9.17, 15) is 0 Å². The zero-order valence-electron chi connectivity index (χ0n) is 13.1. The lowest BCUT2D eigenvalue weighted by atomic mass is 10.2. The molecule has 0 saturated carbocycles. The number of hydrogen-bond acceptors (Lipinski definition) is 5. The van der Waals surface area contributed by atoms with Crippen molar-refractivity contribution < 1.29 is 4.74 Å². The number of ether oxygens (including phenoxy) is 1. The minimum Gasteiger partial charge on any atom is -0.497 e. The van der Waals surface area contributed by atoms with Crippen molar-refractivity contribution >= 4 is 16.5 Å². The zero-order chi connectivity index (χ0) is 15.2. The first-order valence-electron chi connectivity index (χ1n) is 7.15. The fraction of sp³-hybridized carbons (Fsp3) is 0.438. The second kappa shape index (κ2) is 7.43. The summed E-state index contributed by atoms with van der Waals surface area (Å²) in [7, 11) is 5.75. The summed E-state index contributed by atoms with van der Waals surface area (Å²) in [5.41, 5.74) is 2.45. The molecule has 0 atom stereocenters. The molecule has 21 heavy (non-hydrogen) atoms. The minimum absolute atomic E-state index is 0.847. The Morgan fingerprint density at radius 3 is 2.57 bits per heavy atom. The van der Waals surface area contributed by atoms with E-state index in [4.69, 9.17) is 9.72 Å². The number of benzene rings is 1. The van der Waals surface area contributed by atoms with E-state index in [-0.39, 0.29) is 0 Å². The lowest BCUT2D eigenvalue weighted by molar-refractivity contribution is 0.414. The highest BCUT2D eigenvalue weighted by molar-refractivity contribution is 7.15. The zero-order valence-corrected chi connectivity index (χ0v) is 14.0. The van der Waals surface area contributed by atoms with Crippen molar-refractivity contribution in [3.05, 3.63) is 40.4 Å². The van der Waals surface area contributed by atoms with E-state index in [2.05, 4.69) is 36.3 Å². The third kappa shape index (κ3) is 3.95. The van der Waals surface area contributed by atoms with E-state index >= 15 is 0 Å². The highest BCUT2D eigenvalue weighted by Crippen LogP contribution is 2.27. The van der Waals surface area contributed by atoms with Gasteiger partial charge in [0.2, 0.25) is 0 Å². The SMILES string of the molecule is CCc1nc(N(C)Cc2ccc(OC)cc2)sc1CNC. The quantitative estimate of drug-likeness (QED) is 0.853. The number of nitrogens with one attached hydrogen (secondary N) is 1. The smallest absolute Gasteiger partial charge is 0.185 e. The van der Waals surface area contributed by atoms with Gasteiger partial charge in [-0.2, -0.15) is 0 Å². The summed E-state index contributed by atoms with van der Waals surface area (Å²) in [5.74, 6) is 0.889. The van der Waals surface area contributed by atoms with Gasteiger partial charge in [-0.1, -0.05) is 19.1 Å². The molecular formula is C16H23N3OS. The van der Waals surface area contributed by atoms with E-state index in [0.717, 1.165) is 30.4 Å². The Labute approximate surface area is 130 Å². The molecule has 0 aliphatic heterocycles. The fourth-order valence-electron chi connectivity index (χ4n) is 2.18. The predicted molar refractivity (Wildman–Crippen MR) is 89.4 cm³/mol. The van der Waals surface area contributed by atoms with Crippen LogP contribution in [0.15, 0.2) is 24.3 Å². The molecule has 0 spiro atoms. The molecule has 0 saturated heterocycles. The summed E-state index contributed by atoms with van der Waals surface area (Å²) in [6, 6.07) is 8.18. The Hall–Kier alpha value is -1.59. The molecular weight excluding hydrogens is 282 g/mol. The first kappa shape index (κ1) is 15.8. The number of rotatable bonds is 7. The third-order valence-electron chi connectivity index (χ3n) is 3.34. The van der Waals surface area contributed by atoms with Crippen LogP contribution in [-0.2, 0) is 19.5 Å². The predicted octanol–water partition coefficient (Wildman–Crippen LogP) is 3.07. The van der Waals surface area contributed by atoms with Gasteiger partial charge in [-0.3, -0.25) is 0 Å². The molecule has 0 aliphatic rings. The van der Waals surface area contributed by atoms with Crippen LogP contribution in [0.3, 0.4) is 0 Å². The van der Waals surface area contributed by atoms with Crippen molar-refractivity contribution in [1.82, 2.24) is 10.3 Å². The minimum atomic E-state index is 0.847. The molecule has 114 valence electrons. The van der Waals surface area contributed by atoms with Gasteiger partial charge in [0, 0.05) is 25.0 Å². The van der Waals surface area contributed by atoms with Crippen LogP contribution in [-0.4, -0.2) is 26.2 Å². The largest absolute Gasteiger partial charge is 0.497 e. The van der Waals surface area contributed by atoms with Crippen LogP contribution in [0.4, 0.5) is 5.13 Å². The Balaban J connectivity index is 2.09. The highest BCUT2D eigenvalue weighted by atomic mass is 32.1. The van der Waals surface area contributed by atoms with E-state index in [1.54, 1.807) is 18.4 Å². The van der Waals surface area contributed by atoms with Crippen LogP contribution >= 0.6 is 11.3 Å². The molecule has 0 aliphatic carbocycles. The number of anilines is 1. The number of thiazole rings is 1. The van der Waals surface area contributed by atoms with Gasteiger partial charge in [-0.15, -0.1) is 11.3 Å². The molecule has 0 amide bonds. The summed E-state index contributed by atoms with van der Waals surface area (Å²) in [6.07, 6.45) is 0.976. The number of methoxy groups -OCH3 is 1. The third-order valence-corrected chi connectivity index (χ3v) is 4.56. The standard InChI is InChI=1S/C16H23N3OS/c1-5-14-15(10-17-2)21-16(18-14)19(3)11-12-6-8-13(20-4)9-7-12/h6-9,17H,5,10-11H2,1-4H3. The monoisotopic (exact) mass is 305 g/mol. The van der Waals surface area contributed by atoms with Gasteiger partial charge >= 0.3 is 0 Å². The van der Waals surface area contributed by atoms with Gasteiger partial charge in [0.1, 0.15) is 5.75 Å². The summed E-state index contributed by atoms with van der Waals surface area (Å²) >= 11 is 1.77. The molecule has 2 rings (SSSR count). The average molecular weight is 305 g/mol. The molecule has 0 radical (unpaired) electrons. The maximum Gasteiger partial charge on any atom is 0.185 e.